The Balaban J connectivity index is 3.06. The van der Waals surface area contributed by atoms with Gasteiger partial charge in [0.25, 0.3) is 0 Å². The first-order valence-corrected chi connectivity index (χ1v) is 9.14. The molecule has 0 N–H and O–H groups in total. The van der Waals surface area contributed by atoms with E-state index < -0.39 is 23.3 Å². The molecule has 3 atom stereocenters. The second-order valence-corrected chi connectivity index (χ2v) is 7.03. The Morgan fingerprint density at radius 2 is 1.92 bits per heavy atom. The van der Waals surface area contributed by atoms with Crippen molar-refractivity contribution >= 4 is 11.9 Å². The zero-order chi connectivity index (χ0) is 18.2. The Bertz CT molecular complexity index is 468. The van der Waals surface area contributed by atoms with Crippen LogP contribution in [-0.4, -0.2) is 25.2 Å². The Morgan fingerprint density at radius 3 is 2.46 bits per heavy atom. The molecule has 0 aliphatic heterocycles. The highest BCUT2D eigenvalue weighted by Gasteiger charge is 2.53. The van der Waals surface area contributed by atoms with Gasteiger partial charge in [0.2, 0.25) is 0 Å². The number of hydrogen-bond donors (Lipinski definition) is 0. The van der Waals surface area contributed by atoms with Crippen LogP contribution >= 0.6 is 0 Å². The normalized spacial score (nSPS) is 24.4. The monoisotopic (exact) mass is 337 g/mol. The Hall–Kier alpha value is -1.57. The minimum absolute atomic E-state index is 0.0710. The molecule has 0 amide bonds. The molecule has 3 unspecified atom stereocenters. The molecule has 1 saturated carbocycles. The summed E-state index contributed by atoms with van der Waals surface area (Å²) in [6.07, 6.45) is 4.34. The zero-order valence-electron chi connectivity index (χ0n) is 15.5. The van der Waals surface area contributed by atoms with E-state index in [1.807, 2.05) is 0 Å². The molecule has 24 heavy (non-hydrogen) atoms. The molecule has 1 rings (SSSR count). The van der Waals surface area contributed by atoms with Crippen LogP contribution in [0.5, 0.6) is 0 Å². The average molecular weight is 337 g/mol. The number of rotatable bonds is 9. The predicted octanol–water partition coefficient (Wildman–Crippen LogP) is 3.87. The van der Waals surface area contributed by atoms with Gasteiger partial charge in [0, 0.05) is 0 Å². The van der Waals surface area contributed by atoms with E-state index in [-0.39, 0.29) is 25.6 Å². The highest BCUT2D eigenvalue weighted by atomic mass is 16.5. The molecule has 1 aliphatic carbocycles. The van der Waals surface area contributed by atoms with Gasteiger partial charge in [-0.3, -0.25) is 9.59 Å². The van der Waals surface area contributed by atoms with E-state index in [0.29, 0.717) is 12.3 Å². The van der Waals surface area contributed by atoms with Gasteiger partial charge in [-0.15, -0.1) is 0 Å². The largest absolute Gasteiger partial charge is 0.466 e. The van der Waals surface area contributed by atoms with Crippen LogP contribution in [0.15, 0.2) is 0 Å². The molecule has 0 spiro atoms. The standard InChI is InChI=1S/C19H31NO4/c1-5-23-17(21)12-16(18(22)24-6-2)19(13-20)11-7-8-15(19)10-9-14(3)4/h14-16H,5-12H2,1-4H3. The van der Waals surface area contributed by atoms with Gasteiger partial charge in [0.05, 0.1) is 37.0 Å². The van der Waals surface area contributed by atoms with E-state index in [1.54, 1.807) is 13.8 Å². The van der Waals surface area contributed by atoms with Crippen molar-refractivity contribution in [3.05, 3.63) is 0 Å². The molecule has 1 fully saturated rings. The molecule has 5 heteroatoms. The molecule has 136 valence electrons. The lowest BCUT2D eigenvalue weighted by Crippen LogP contribution is -2.40. The van der Waals surface area contributed by atoms with Crippen LogP contribution in [-0.2, 0) is 19.1 Å². The first kappa shape index (κ1) is 20.5. The SMILES string of the molecule is CCOC(=O)CC(C(=O)OCC)C1(C#N)CCCC1CCC(C)C. The molecule has 5 nitrogen and oxygen atoms in total. The highest BCUT2D eigenvalue weighted by Crippen LogP contribution is 2.52. The Kier molecular flexibility index (Phi) is 8.24. The lowest BCUT2D eigenvalue weighted by atomic mass is 9.66. The van der Waals surface area contributed by atoms with Crippen molar-refractivity contribution in [2.24, 2.45) is 23.2 Å². The number of nitriles is 1. The fourth-order valence-corrected chi connectivity index (χ4v) is 3.83. The molecular formula is C19H31NO4. The van der Waals surface area contributed by atoms with Crippen molar-refractivity contribution in [3.63, 3.8) is 0 Å². The van der Waals surface area contributed by atoms with Crippen LogP contribution in [0.4, 0.5) is 0 Å². The summed E-state index contributed by atoms with van der Waals surface area (Å²) in [5.74, 6) is -0.925. The van der Waals surface area contributed by atoms with E-state index in [4.69, 9.17) is 9.47 Å². The number of carbonyl (C=O) groups is 2. The van der Waals surface area contributed by atoms with E-state index in [2.05, 4.69) is 19.9 Å². The lowest BCUT2D eigenvalue weighted by Gasteiger charge is -2.35. The molecule has 0 aromatic rings. The van der Waals surface area contributed by atoms with Crippen molar-refractivity contribution in [2.45, 2.75) is 66.2 Å². The Morgan fingerprint density at radius 1 is 1.25 bits per heavy atom. The summed E-state index contributed by atoms with van der Waals surface area (Å²) in [4.78, 5) is 24.5. The number of ether oxygens (including phenoxy) is 2. The maximum absolute atomic E-state index is 12.5. The summed E-state index contributed by atoms with van der Waals surface area (Å²) in [5, 5.41) is 9.97. The van der Waals surface area contributed by atoms with Crippen LogP contribution in [0.1, 0.15) is 66.2 Å². The van der Waals surface area contributed by atoms with Crippen LogP contribution in [0.3, 0.4) is 0 Å². The summed E-state index contributed by atoms with van der Waals surface area (Å²) in [6, 6.07) is 2.43. The van der Waals surface area contributed by atoms with Crippen molar-refractivity contribution in [1.82, 2.24) is 0 Å². The fourth-order valence-electron chi connectivity index (χ4n) is 3.83. The van der Waals surface area contributed by atoms with Crippen molar-refractivity contribution in [1.29, 1.82) is 5.26 Å². The smallest absolute Gasteiger partial charge is 0.311 e. The van der Waals surface area contributed by atoms with Gasteiger partial charge in [-0.05, 0) is 44.9 Å². The van der Waals surface area contributed by atoms with E-state index >= 15 is 0 Å². The summed E-state index contributed by atoms with van der Waals surface area (Å²) in [5.41, 5.74) is -0.812. The quantitative estimate of drug-likeness (QED) is 0.597. The predicted molar refractivity (Wildman–Crippen MR) is 90.8 cm³/mol. The molecular weight excluding hydrogens is 306 g/mol. The maximum Gasteiger partial charge on any atom is 0.311 e. The van der Waals surface area contributed by atoms with Gasteiger partial charge in [-0.1, -0.05) is 26.7 Å². The van der Waals surface area contributed by atoms with Gasteiger partial charge in [-0.25, -0.2) is 0 Å². The third-order valence-corrected chi connectivity index (χ3v) is 5.04. The number of esters is 2. The van der Waals surface area contributed by atoms with Gasteiger partial charge in [-0.2, -0.15) is 5.26 Å². The molecule has 1 aliphatic rings. The van der Waals surface area contributed by atoms with Gasteiger partial charge >= 0.3 is 11.9 Å². The first-order chi connectivity index (χ1) is 11.4. The van der Waals surface area contributed by atoms with Crippen molar-refractivity contribution < 1.29 is 19.1 Å². The van der Waals surface area contributed by atoms with Crippen molar-refractivity contribution in [2.75, 3.05) is 13.2 Å². The maximum atomic E-state index is 12.5. The third kappa shape index (κ3) is 4.96. The summed E-state index contributed by atoms with van der Waals surface area (Å²) >= 11 is 0. The van der Waals surface area contributed by atoms with Crippen molar-refractivity contribution in [3.8, 4) is 6.07 Å². The topological polar surface area (TPSA) is 76.4 Å². The molecule has 0 saturated heterocycles. The van der Waals surface area contributed by atoms with Gasteiger partial charge in [0.1, 0.15) is 0 Å². The number of carbonyl (C=O) groups excluding carboxylic acids is 2. The summed E-state index contributed by atoms with van der Waals surface area (Å²) in [7, 11) is 0. The molecule has 0 aromatic heterocycles. The molecule has 0 heterocycles. The Labute approximate surface area is 145 Å². The second-order valence-electron chi connectivity index (χ2n) is 7.03. The molecule has 0 bridgehead atoms. The van der Waals surface area contributed by atoms with E-state index in [9.17, 15) is 14.9 Å². The summed E-state index contributed by atoms with van der Waals surface area (Å²) in [6.45, 7) is 8.30. The fraction of sp³-hybridized carbons (Fsp3) is 0.842. The molecule has 0 radical (unpaired) electrons. The highest BCUT2D eigenvalue weighted by molar-refractivity contribution is 5.81. The average Bonchev–Trinajstić information content (AvgIpc) is 2.95. The van der Waals surface area contributed by atoms with Crippen LogP contribution < -0.4 is 0 Å². The zero-order valence-corrected chi connectivity index (χ0v) is 15.5. The minimum Gasteiger partial charge on any atom is -0.466 e. The van der Waals surface area contributed by atoms with Gasteiger partial charge in [0.15, 0.2) is 0 Å². The second kappa shape index (κ2) is 9.66. The third-order valence-electron chi connectivity index (χ3n) is 5.04. The van der Waals surface area contributed by atoms with Crippen LogP contribution in [0, 0.1) is 34.5 Å². The summed E-state index contributed by atoms with van der Waals surface area (Å²) < 4.78 is 10.2. The van der Waals surface area contributed by atoms with Crippen LogP contribution in [0.2, 0.25) is 0 Å². The minimum atomic E-state index is -0.812. The number of nitrogens with zero attached hydrogens (tertiary/aromatic N) is 1. The van der Waals surface area contributed by atoms with E-state index in [1.165, 1.54) is 0 Å². The van der Waals surface area contributed by atoms with Crippen LogP contribution in [0.25, 0.3) is 0 Å². The number of hydrogen-bond acceptors (Lipinski definition) is 5. The van der Waals surface area contributed by atoms with Gasteiger partial charge < -0.3 is 9.47 Å². The first-order valence-electron chi connectivity index (χ1n) is 9.14. The molecule has 0 aromatic carbocycles. The lowest BCUT2D eigenvalue weighted by molar-refractivity contribution is -0.159. The van der Waals surface area contributed by atoms with E-state index in [0.717, 1.165) is 25.7 Å².